The predicted octanol–water partition coefficient (Wildman–Crippen LogP) is 3.53. The third-order valence-corrected chi connectivity index (χ3v) is 3.17. The molecular formula is C16H19N3O. The Morgan fingerprint density at radius 3 is 2.40 bits per heavy atom. The van der Waals surface area contributed by atoms with Crippen LogP contribution >= 0.6 is 0 Å². The Hall–Kier alpha value is -2.36. The average molecular weight is 269 g/mol. The molecule has 1 unspecified atom stereocenters. The summed E-state index contributed by atoms with van der Waals surface area (Å²) < 4.78 is 0. The first-order chi connectivity index (χ1) is 9.69. The number of aromatic nitrogens is 1. The number of carbonyl (C=O) groups excluding carboxylic acids is 1. The zero-order valence-corrected chi connectivity index (χ0v) is 11.8. The fourth-order valence-corrected chi connectivity index (χ4v) is 1.92. The second-order valence-corrected chi connectivity index (χ2v) is 4.65. The topological polar surface area (TPSA) is 54.0 Å². The second kappa shape index (κ2) is 6.70. The monoisotopic (exact) mass is 269 g/mol. The van der Waals surface area contributed by atoms with Gasteiger partial charge in [-0.1, -0.05) is 31.2 Å². The van der Waals surface area contributed by atoms with Crippen LogP contribution in [0.3, 0.4) is 0 Å². The van der Waals surface area contributed by atoms with E-state index in [0.717, 1.165) is 17.7 Å². The SMILES string of the molecule is CCc1ccc(C(C)NC(=O)Nc2ccncc2)cc1. The molecule has 0 aliphatic rings. The zero-order chi connectivity index (χ0) is 14.4. The fourth-order valence-electron chi connectivity index (χ4n) is 1.92. The molecule has 2 N–H and O–H groups in total. The molecule has 0 aliphatic heterocycles. The van der Waals surface area contributed by atoms with Gasteiger partial charge in [-0.25, -0.2) is 4.79 Å². The third-order valence-electron chi connectivity index (χ3n) is 3.17. The van der Waals surface area contributed by atoms with Crippen LogP contribution < -0.4 is 10.6 Å². The number of hydrogen-bond acceptors (Lipinski definition) is 2. The highest BCUT2D eigenvalue weighted by molar-refractivity contribution is 5.89. The average Bonchev–Trinajstić information content (AvgIpc) is 2.48. The number of anilines is 1. The van der Waals surface area contributed by atoms with E-state index < -0.39 is 0 Å². The van der Waals surface area contributed by atoms with Crippen LogP contribution in [0.15, 0.2) is 48.8 Å². The van der Waals surface area contributed by atoms with Crippen molar-refractivity contribution in [2.24, 2.45) is 0 Å². The fraction of sp³-hybridized carbons (Fsp3) is 0.250. The van der Waals surface area contributed by atoms with Gasteiger partial charge < -0.3 is 10.6 Å². The van der Waals surface area contributed by atoms with E-state index in [-0.39, 0.29) is 12.1 Å². The van der Waals surface area contributed by atoms with Crippen molar-refractivity contribution in [3.8, 4) is 0 Å². The maximum absolute atomic E-state index is 11.9. The Morgan fingerprint density at radius 1 is 1.15 bits per heavy atom. The van der Waals surface area contributed by atoms with Crippen LogP contribution in [0, 0.1) is 0 Å². The van der Waals surface area contributed by atoms with E-state index in [1.54, 1.807) is 24.5 Å². The standard InChI is InChI=1S/C16H19N3O/c1-3-13-4-6-14(7-5-13)12(2)18-16(20)19-15-8-10-17-11-9-15/h4-12H,3H2,1-2H3,(H2,17,18,19,20). The molecule has 0 radical (unpaired) electrons. The Kier molecular flexibility index (Phi) is 4.71. The van der Waals surface area contributed by atoms with Crippen molar-refractivity contribution in [3.63, 3.8) is 0 Å². The Morgan fingerprint density at radius 2 is 1.80 bits per heavy atom. The minimum absolute atomic E-state index is 0.0391. The predicted molar refractivity (Wildman–Crippen MR) is 80.6 cm³/mol. The van der Waals surface area contributed by atoms with E-state index in [2.05, 4.69) is 46.8 Å². The number of amides is 2. The largest absolute Gasteiger partial charge is 0.331 e. The zero-order valence-electron chi connectivity index (χ0n) is 11.8. The number of nitrogens with zero attached hydrogens (tertiary/aromatic N) is 1. The Balaban J connectivity index is 1.93. The molecular weight excluding hydrogens is 250 g/mol. The molecule has 2 rings (SSSR count). The lowest BCUT2D eigenvalue weighted by Crippen LogP contribution is -2.31. The van der Waals surface area contributed by atoms with Crippen LogP contribution in [0.1, 0.15) is 31.0 Å². The van der Waals surface area contributed by atoms with Crippen LogP contribution in [0.4, 0.5) is 10.5 Å². The van der Waals surface area contributed by atoms with Gasteiger partial charge in [-0.05, 0) is 36.6 Å². The summed E-state index contributed by atoms with van der Waals surface area (Å²) in [5.74, 6) is 0. The van der Waals surface area contributed by atoms with E-state index >= 15 is 0 Å². The number of nitrogens with one attached hydrogen (secondary N) is 2. The molecule has 4 heteroatoms. The molecule has 1 aromatic carbocycles. The van der Waals surface area contributed by atoms with Crippen LogP contribution in [-0.4, -0.2) is 11.0 Å². The van der Waals surface area contributed by atoms with E-state index in [4.69, 9.17) is 0 Å². The van der Waals surface area contributed by atoms with E-state index in [1.807, 2.05) is 6.92 Å². The molecule has 20 heavy (non-hydrogen) atoms. The van der Waals surface area contributed by atoms with Crippen LogP contribution in [0.25, 0.3) is 0 Å². The normalized spacial score (nSPS) is 11.7. The minimum atomic E-state index is -0.219. The molecule has 1 atom stereocenters. The molecule has 0 saturated heterocycles. The van der Waals surface area contributed by atoms with Crippen LogP contribution in [0.5, 0.6) is 0 Å². The van der Waals surface area contributed by atoms with Gasteiger partial charge in [0.25, 0.3) is 0 Å². The summed E-state index contributed by atoms with van der Waals surface area (Å²) in [4.78, 5) is 15.8. The molecule has 2 aromatic rings. The molecule has 1 heterocycles. The summed E-state index contributed by atoms with van der Waals surface area (Å²) in [7, 11) is 0. The first-order valence-corrected chi connectivity index (χ1v) is 6.75. The summed E-state index contributed by atoms with van der Waals surface area (Å²) in [6, 6.07) is 11.5. The highest BCUT2D eigenvalue weighted by Crippen LogP contribution is 2.14. The summed E-state index contributed by atoms with van der Waals surface area (Å²) in [5, 5.41) is 5.69. The summed E-state index contributed by atoms with van der Waals surface area (Å²) in [5.41, 5.74) is 3.11. The maximum Gasteiger partial charge on any atom is 0.319 e. The second-order valence-electron chi connectivity index (χ2n) is 4.65. The summed E-state index contributed by atoms with van der Waals surface area (Å²) >= 11 is 0. The number of urea groups is 1. The molecule has 1 aromatic heterocycles. The van der Waals surface area contributed by atoms with Gasteiger partial charge in [0.15, 0.2) is 0 Å². The van der Waals surface area contributed by atoms with Crippen molar-refractivity contribution in [1.29, 1.82) is 0 Å². The van der Waals surface area contributed by atoms with Crippen molar-refractivity contribution in [1.82, 2.24) is 10.3 Å². The smallest absolute Gasteiger partial charge is 0.319 e. The quantitative estimate of drug-likeness (QED) is 0.892. The molecule has 104 valence electrons. The lowest BCUT2D eigenvalue weighted by atomic mass is 10.1. The van der Waals surface area contributed by atoms with Crippen molar-refractivity contribution in [2.75, 3.05) is 5.32 Å². The highest BCUT2D eigenvalue weighted by atomic mass is 16.2. The summed E-state index contributed by atoms with van der Waals surface area (Å²) in [6.07, 6.45) is 4.30. The number of carbonyl (C=O) groups is 1. The van der Waals surface area contributed by atoms with Gasteiger partial charge in [0.2, 0.25) is 0 Å². The van der Waals surface area contributed by atoms with Crippen LogP contribution in [-0.2, 0) is 6.42 Å². The van der Waals surface area contributed by atoms with Gasteiger partial charge in [-0.15, -0.1) is 0 Å². The number of benzene rings is 1. The van der Waals surface area contributed by atoms with Crippen molar-refractivity contribution < 1.29 is 4.79 Å². The van der Waals surface area contributed by atoms with Crippen molar-refractivity contribution in [3.05, 3.63) is 59.9 Å². The number of aryl methyl sites for hydroxylation is 1. The first-order valence-electron chi connectivity index (χ1n) is 6.75. The molecule has 2 amide bonds. The molecule has 0 bridgehead atoms. The summed E-state index contributed by atoms with van der Waals surface area (Å²) in [6.45, 7) is 4.09. The number of rotatable bonds is 4. The lowest BCUT2D eigenvalue weighted by molar-refractivity contribution is 0.249. The molecule has 0 spiro atoms. The molecule has 4 nitrogen and oxygen atoms in total. The van der Waals surface area contributed by atoms with E-state index in [1.165, 1.54) is 5.56 Å². The third kappa shape index (κ3) is 3.82. The molecule has 0 fully saturated rings. The highest BCUT2D eigenvalue weighted by Gasteiger charge is 2.09. The Labute approximate surface area is 119 Å². The van der Waals surface area contributed by atoms with Gasteiger partial charge in [0.1, 0.15) is 0 Å². The molecule has 0 saturated carbocycles. The van der Waals surface area contributed by atoms with Crippen molar-refractivity contribution >= 4 is 11.7 Å². The van der Waals surface area contributed by atoms with Gasteiger partial charge in [0.05, 0.1) is 6.04 Å². The number of hydrogen-bond donors (Lipinski definition) is 2. The van der Waals surface area contributed by atoms with Gasteiger partial charge in [0, 0.05) is 18.1 Å². The van der Waals surface area contributed by atoms with Crippen molar-refractivity contribution in [2.45, 2.75) is 26.3 Å². The molecule has 0 aliphatic carbocycles. The lowest BCUT2D eigenvalue weighted by Gasteiger charge is -2.15. The van der Waals surface area contributed by atoms with E-state index in [0.29, 0.717) is 0 Å². The Bertz CT molecular complexity index is 552. The van der Waals surface area contributed by atoms with Gasteiger partial charge in [-0.3, -0.25) is 4.98 Å². The van der Waals surface area contributed by atoms with Gasteiger partial charge in [-0.2, -0.15) is 0 Å². The maximum atomic E-state index is 11.9. The van der Waals surface area contributed by atoms with Gasteiger partial charge >= 0.3 is 6.03 Å². The number of pyridine rings is 1. The van der Waals surface area contributed by atoms with Crippen LogP contribution in [0.2, 0.25) is 0 Å². The minimum Gasteiger partial charge on any atom is -0.331 e. The first kappa shape index (κ1) is 14.1. The van der Waals surface area contributed by atoms with E-state index in [9.17, 15) is 4.79 Å².